The predicted octanol–water partition coefficient (Wildman–Crippen LogP) is 2.00. The van der Waals surface area contributed by atoms with Crippen molar-refractivity contribution in [3.05, 3.63) is 53.9 Å². The summed E-state index contributed by atoms with van der Waals surface area (Å²) < 4.78 is 3.59. The number of nitrogens with zero attached hydrogens (tertiary/aromatic N) is 6. The molecule has 0 aliphatic carbocycles. The summed E-state index contributed by atoms with van der Waals surface area (Å²) in [4.78, 5) is 16.7. The van der Waals surface area contributed by atoms with Gasteiger partial charge in [0.15, 0.2) is 5.69 Å². The van der Waals surface area contributed by atoms with E-state index < -0.39 is 0 Å². The molecule has 0 saturated carbocycles. The van der Waals surface area contributed by atoms with Gasteiger partial charge in [0.1, 0.15) is 12.7 Å². The number of hydrogen-bond donors (Lipinski definition) is 2. The highest BCUT2D eigenvalue weighted by Crippen LogP contribution is 2.21. The van der Waals surface area contributed by atoms with Crippen molar-refractivity contribution in [2.45, 2.75) is 38.8 Å². The molecule has 4 rings (SSSR count). The lowest BCUT2D eigenvalue weighted by molar-refractivity contribution is 0.0934. The largest absolute Gasteiger partial charge is 0.344 e. The zero-order valence-corrected chi connectivity index (χ0v) is 17.3. The van der Waals surface area contributed by atoms with E-state index in [4.69, 9.17) is 0 Å². The van der Waals surface area contributed by atoms with Crippen molar-refractivity contribution in [3.8, 4) is 5.69 Å². The Bertz CT molecular complexity index is 932. The third-order valence-corrected chi connectivity index (χ3v) is 5.22. The molecule has 10 heteroatoms. The molecule has 1 aliphatic heterocycles. The molecule has 1 fully saturated rings. The van der Waals surface area contributed by atoms with Gasteiger partial charge in [0.2, 0.25) is 0 Å². The topological polar surface area (TPSA) is 103 Å². The van der Waals surface area contributed by atoms with Crippen molar-refractivity contribution in [2.24, 2.45) is 0 Å². The molecule has 0 radical (unpaired) electrons. The molecular weight excluding hydrogens is 392 g/mol. The SMILES string of the molecule is Cc1c(C(=O)NC(C)c2ccc(-n3cncn3)cc2)nnn1C1CCNCC1.Cl. The van der Waals surface area contributed by atoms with Crippen LogP contribution in [0, 0.1) is 6.92 Å². The van der Waals surface area contributed by atoms with Gasteiger partial charge in [-0.1, -0.05) is 17.3 Å². The molecule has 9 nitrogen and oxygen atoms in total. The molecule has 1 unspecified atom stereocenters. The molecule has 1 aromatic carbocycles. The molecule has 2 N–H and O–H groups in total. The summed E-state index contributed by atoms with van der Waals surface area (Å²) in [5.41, 5.74) is 3.13. The smallest absolute Gasteiger partial charge is 0.274 e. The van der Waals surface area contributed by atoms with E-state index in [0.717, 1.165) is 42.9 Å². The Morgan fingerprint density at radius 2 is 1.97 bits per heavy atom. The van der Waals surface area contributed by atoms with E-state index >= 15 is 0 Å². The average Bonchev–Trinajstić information content (AvgIpc) is 3.39. The van der Waals surface area contributed by atoms with Crippen molar-refractivity contribution >= 4 is 18.3 Å². The standard InChI is InChI=1S/C19H24N8O.ClH/c1-13(15-3-5-16(6-4-15)26-12-21-11-22-26)23-19(28)18-14(2)27(25-24-18)17-7-9-20-10-8-17;/h3-6,11-13,17,20H,7-10H2,1-2H3,(H,23,28);1H. The highest BCUT2D eigenvalue weighted by atomic mass is 35.5. The first-order valence-corrected chi connectivity index (χ1v) is 9.52. The third-order valence-electron chi connectivity index (χ3n) is 5.22. The van der Waals surface area contributed by atoms with Gasteiger partial charge in [0.05, 0.1) is 23.5 Å². The Hall–Kier alpha value is -2.78. The minimum Gasteiger partial charge on any atom is -0.344 e. The van der Waals surface area contributed by atoms with Crippen molar-refractivity contribution in [1.82, 2.24) is 40.4 Å². The quantitative estimate of drug-likeness (QED) is 0.659. The van der Waals surface area contributed by atoms with Gasteiger partial charge in [0.25, 0.3) is 5.91 Å². The van der Waals surface area contributed by atoms with Gasteiger partial charge in [-0.3, -0.25) is 4.79 Å². The van der Waals surface area contributed by atoms with Crippen molar-refractivity contribution in [2.75, 3.05) is 13.1 Å². The second kappa shape index (κ2) is 9.15. The second-order valence-corrected chi connectivity index (χ2v) is 7.08. The molecule has 1 aliphatic rings. The maximum absolute atomic E-state index is 12.7. The van der Waals surface area contributed by atoms with Gasteiger partial charge in [-0.25, -0.2) is 14.3 Å². The molecule has 154 valence electrons. The maximum Gasteiger partial charge on any atom is 0.274 e. The number of hydrogen-bond acceptors (Lipinski definition) is 6. The van der Waals surface area contributed by atoms with E-state index in [-0.39, 0.29) is 24.4 Å². The zero-order valence-electron chi connectivity index (χ0n) is 16.4. The van der Waals surface area contributed by atoms with E-state index in [0.29, 0.717) is 11.7 Å². The molecule has 1 atom stereocenters. The summed E-state index contributed by atoms with van der Waals surface area (Å²) in [6.45, 7) is 5.80. The highest BCUT2D eigenvalue weighted by Gasteiger charge is 2.23. The molecule has 3 heterocycles. The van der Waals surface area contributed by atoms with Gasteiger partial charge in [-0.2, -0.15) is 5.10 Å². The Labute approximate surface area is 175 Å². The maximum atomic E-state index is 12.7. The van der Waals surface area contributed by atoms with Crippen LogP contribution in [0.3, 0.4) is 0 Å². The highest BCUT2D eigenvalue weighted by molar-refractivity contribution is 5.93. The van der Waals surface area contributed by atoms with Crippen molar-refractivity contribution < 1.29 is 4.79 Å². The summed E-state index contributed by atoms with van der Waals surface area (Å²) in [7, 11) is 0. The number of halogens is 1. The number of rotatable bonds is 5. The Morgan fingerprint density at radius 1 is 1.24 bits per heavy atom. The molecule has 29 heavy (non-hydrogen) atoms. The van der Waals surface area contributed by atoms with Crippen LogP contribution in [0.1, 0.15) is 53.6 Å². The molecular formula is C19H25ClN8O. The number of piperidine rings is 1. The van der Waals surface area contributed by atoms with E-state index in [2.05, 4.69) is 31.0 Å². The molecule has 1 saturated heterocycles. The fourth-order valence-corrected chi connectivity index (χ4v) is 3.55. The van der Waals surface area contributed by atoms with E-state index in [1.54, 1.807) is 11.0 Å². The van der Waals surface area contributed by atoms with Gasteiger partial charge < -0.3 is 10.6 Å². The summed E-state index contributed by atoms with van der Waals surface area (Å²) >= 11 is 0. The van der Waals surface area contributed by atoms with E-state index in [9.17, 15) is 4.79 Å². The van der Waals surface area contributed by atoms with Crippen LogP contribution >= 0.6 is 12.4 Å². The predicted molar refractivity (Wildman–Crippen MR) is 110 cm³/mol. The van der Waals surface area contributed by atoms with Crippen LogP contribution < -0.4 is 10.6 Å². The lowest BCUT2D eigenvalue weighted by atomic mass is 10.1. The third kappa shape index (κ3) is 4.46. The van der Waals surface area contributed by atoms with Gasteiger partial charge >= 0.3 is 0 Å². The zero-order chi connectivity index (χ0) is 19.5. The monoisotopic (exact) mass is 416 g/mol. The van der Waals surface area contributed by atoms with Crippen LogP contribution in [-0.2, 0) is 0 Å². The number of amides is 1. The molecule has 3 aromatic rings. The molecule has 0 bridgehead atoms. The summed E-state index contributed by atoms with van der Waals surface area (Å²) in [6.07, 6.45) is 5.14. The number of carbonyl (C=O) groups is 1. The molecule has 0 spiro atoms. The minimum absolute atomic E-state index is 0. The molecule has 1 amide bonds. The van der Waals surface area contributed by atoms with Crippen LogP contribution in [0.4, 0.5) is 0 Å². The normalized spacial score (nSPS) is 15.5. The first-order chi connectivity index (χ1) is 13.6. The summed E-state index contributed by atoms with van der Waals surface area (Å²) in [5.74, 6) is -0.203. The molecule has 2 aromatic heterocycles. The fourth-order valence-electron chi connectivity index (χ4n) is 3.55. The number of nitrogens with one attached hydrogen (secondary N) is 2. The van der Waals surface area contributed by atoms with E-state index in [1.807, 2.05) is 42.8 Å². The summed E-state index contributed by atoms with van der Waals surface area (Å²) in [6, 6.07) is 8.00. The van der Waals surface area contributed by atoms with Crippen LogP contribution in [0.5, 0.6) is 0 Å². The Kier molecular flexibility index (Phi) is 6.60. The Balaban J connectivity index is 0.00000240. The second-order valence-electron chi connectivity index (χ2n) is 7.08. The first-order valence-electron chi connectivity index (χ1n) is 9.52. The van der Waals surface area contributed by atoms with Crippen molar-refractivity contribution in [3.63, 3.8) is 0 Å². The van der Waals surface area contributed by atoms with E-state index in [1.165, 1.54) is 6.33 Å². The lowest BCUT2D eigenvalue weighted by Crippen LogP contribution is -2.31. The number of benzene rings is 1. The van der Waals surface area contributed by atoms with Crippen LogP contribution in [0.15, 0.2) is 36.9 Å². The average molecular weight is 417 g/mol. The van der Waals surface area contributed by atoms with Gasteiger partial charge in [0, 0.05) is 0 Å². The minimum atomic E-state index is -0.203. The van der Waals surface area contributed by atoms with Crippen molar-refractivity contribution in [1.29, 1.82) is 0 Å². The Morgan fingerprint density at radius 3 is 2.62 bits per heavy atom. The first kappa shape index (κ1) is 20.9. The number of aromatic nitrogens is 6. The van der Waals surface area contributed by atoms with Gasteiger partial charge in [-0.15, -0.1) is 17.5 Å². The van der Waals surface area contributed by atoms with Crippen LogP contribution in [-0.4, -0.2) is 48.8 Å². The van der Waals surface area contributed by atoms with Crippen LogP contribution in [0.2, 0.25) is 0 Å². The lowest BCUT2D eigenvalue weighted by Gasteiger charge is -2.23. The van der Waals surface area contributed by atoms with Gasteiger partial charge in [-0.05, 0) is 57.5 Å². The summed E-state index contributed by atoms with van der Waals surface area (Å²) in [5, 5.41) is 18.9. The van der Waals surface area contributed by atoms with Crippen LogP contribution in [0.25, 0.3) is 5.69 Å². The number of carbonyl (C=O) groups excluding carboxylic acids is 1. The fraction of sp³-hybridized carbons (Fsp3) is 0.421.